The fraction of sp³-hybridized carbons (Fsp3) is 0.320. The third-order valence-electron chi connectivity index (χ3n) is 6.80. The first-order valence-corrected chi connectivity index (χ1v) is 15.6. The molecule has 1 saturated carbocycles. The zero-order chi connectivity index (χ0) is 27.3. The van der Waals surface area contributed by atoms with Crippen molar-refractivity contribution in [3.05, 3.63) is 64.9 Å². The minimum Gasteiger partial charge on any atom is -0.324 e. The van der Waals surface area contributed by atoms with Gasteiger partial charge in [0.05, 0.1) is 41.3 Å². The Morgan fingerprint density at radius 1 is 1.18 bits per heavy atom. The van der Waals surface area contributed by atoms with Gasteiger partial charge >= 0.3 is 0 Å². The molecular weight excluding hydrogens is 550 g/mol. The Hall–Kier alpha value is -3.24. The first-order valence-electron chi connectivity index (χ1n) is 11.7. The van der Waals surface area contributed by atoms with Gasteiger partial charge in [-0.25, -0.2) is 16.8 Å². The van der Waals surface area contributed by atoms with Crippen LogP contribution in [-0.2, 0) is 31.4 Å². The van der Waals surface area contributed by atoms with E-state index in [4.69, 9.17) is 11.6 Å². The van der Waals surface area contributed by atoms with Crippen molar-refractivity contribution in [3.63, 3.8) is 0 Å². The molecular formula is C25H24ClN5O5S2. The van der Waals surface area contributed by atoms with E-state index in [1.807, 2.05) is 0 Å². The number of sulfonamides is 2. The molecule has 38 heavy (non-hydrogen) atoms. The van der Waals surface area contributed by atoms with Gasteiger partial charge in [-0.3, -0.25) is 14.5 Å². The van der Waals surface area contributed by atoms with Gasteiger partial charge in [-0.05, 0) is 48.2 Å². The number of nitrogens with zero attached hydrogens (tertiary/aromatic N) is 3. The summed E-state index contributed by atoms with van der Waals surface area (Å²) in [4.78, 5) is 17.8. The number of nitriles is 1. The quantitative estimate of drug-likeness (QED) is 0.439. The standard InChI is InChI=1S/C25H24ClN5O5S2/c1-37(33,34)30-19-4-5-20-17(8-19)10-28-11-23(20)29-24(32)22-13-31(12-16-2-3-18(26)9-21(16)22)38(35,36)15-25(14-27)6-7-25/h2-5,8-11,22,30H,6-7,12-13,15H2,1H3,(H,29,32)/t22-/m1/s1. The maximum atomic E-state index is 13.6. The molecule has 2 N–H and O–H groups in total. The SMILES string of the molecule is CS(=O)(=O)Nc1ccc2c(NC(=O)[C@@H]3CN(S(=O)(=O)CC4(C#N)CC4)Cc4ccc(Cl)cc43)cncc2c1. The minimum atomic E-state index is -3.81. The normalized spacial score (nSPS) is 18.8. The molecule has 198 valence electrons. The number of hydrogen-bond donors (Lipinski definition) is 2. The van der Waals surface area contributed by atoms with Crippen LogP contribution in [0.1, 0.15) is 29.9 Å². The van der Waals surface area contributed by atoms with E-state index in [9.17, 15) is 26.9 Å². The molecule has 0 bridgehead atoms. The van der Waals surface area contributed by atoms with Crippen LogP contribution in [0, 0.1) is 16.7 Å². The Morgan fingerprint density at radius 2 is 1.95 bits per heavy atom. The van der Waals surface area contributed by atoms with Gasteiger partial charge in [0, 0.05) is 40.8 Å². The molecule has 1 aliphatic carbocycles. The number of pyridine rings is 1. The Bertz CT molecular complexity index is 1720. The highest BCUT2D eigenvalue weighted by Crippen LogP contribution is 2.47. The van der Waals surface area contributed by atoms with Crippen LogP contribution >= 0.6 is 11.6 Å². The van der Waals surface area contributed by atoms with Crippen molar-refractivity contribution in [1.82, 2.24) is 9.29 Å². The van der Waals surface area contributed by atoms with Gasteiger partial charge in [-0.1, -0.05) is 23.7 Å². The topological polar surface area (TPSA) is 149 Å². The largest absolute Gasteiger partial charge is 0.324 e. The van der Waals surface area contributed by atoms with Crippen LogP contribution in [0.3, 0.4) is 0 Å². The highest BCUT2D eigenvalue weighted by molar-refractivity contribution is 7.92. The maximum absolute atomic E-state index is 13.6. The zero-order valence-electron chi connectivity index (χ0n) is 20.3. The van der Waals surface area contributed by atoms with Gasteiger partial charge in [-0.2, -0.15) is 9.57 Å². The van der Waals surface area contributed by atoms with Gasteiger partial charge in [0.2, 0.25) is 26.0 Å². The first kappa shape index (κ1) is 26.4. The van der Waals surface area contributed by atoms with E-state index in [0.717, 1.165) is 6.26 Å². The fourth-order valence-electron chi connectivity index (χ4n) is 4.68. The molecule has 13 heteroatoms. The number of halogens is 1. The lowest BCUT2D eigenvalue weighted by Crippen LogP contribution is -2.44. The van der Waals surface area contributed by atoms with E-state index < -0.39 is 37.3 Å². The van der Waals surface area contributed by atoms with Crippen LogP contribution in [0.15, 0.2) is 48.8 Å². The summed E-state index contributed by atoms with van der Waals surface area (Å²) >= 11 is 6.23. The van der Waals surface area contributed by atoms with Crippen molar-refractivity contribution in [1.29, 1.82) is 5.26 Å². The number of fused-ring (bicyclic) bond motifs is 2. The summed E-state index contributed by atoms with van der Waals surface area (Å²) in [6, 6.07) is 12.0. The van der Waals surface area contributed by atoms with E-state index in [2.05, 4.69) is 21.1 Å². The molecule has 2 heterocycles. The van der Waals surface area contributed by atoms with Crippen molar-refractivity contribution in [2.24, 2.45) is 5.41 Å². The molecule has 5 rings (SSSR count). The van der Waals surface area contributed by atoms with Crippen molar-refractivity contribution in [2.45, 2.75) is 25.3 Å². The molecule has 1 aromatic heterocycles. The number of aromatic nitrogens is 1. The highest BCUT2D eigenvalue weighted by atomic mass is 35.5. The van der Waals surface area contributed by atoms with Crippen LogP contribution in [0.25, 0.3) is 10.8 Å². The fourth-order valence-corrected chi connectivity index (χ4v) is 7.36. The predicted molar refractivity (Wildman–Crippen MR) is 145 cm³/mol. The monoisotopic (exact) mass is 573 g/mol. The number of rotatable bonds is 7. The predicted octanol–water partition coefficient (Wildman–Crippen LogP) is 3.43. The molecule has 1 aliphatic heterocycles. The second-order valence-electron chi connectivity index (χ2n) is 9.82. The Morgan fingerprint density at radius 3 is 2.63 bits per heavy atom. The molecule has 0 spiro atoms. The molecule has 1 fully saturated rings. The van der Waals surface area contributed by atoms with Crippen LogP contribution < -0.4 is 10.0 Å². The summed E-state index contributed by atoms with van der Waals surface area (Å²) in [5.74, 6) is -1.57. The van der Waals surface area contributed by atoms with E-state index in [-0.39, 0.29) is 18.8 Å². The Kier molecular flexibility index (Phi) is 6.59. The molecule has 0 unspecified atom stereocenters. The molecule has 0 radical (unpaired) electrons. The summed E-state index contributed by atoms with van der Waals surface area (Å²) < 4.78 is 53.4. The van der Waals surface area contributed by atoms with Crippen LogP contribution in [0.2, 0.25) is 5.02 Å². The van der Waals surface area contributed by atoms with Crippen LogP contribution in [0.5, 0.6) is 0 Å². The van der Waals surface area contributed by atoms with E-state index in [1.165, 1.54) is 10.5 Å². The number of hydrogen-bond acceptors (Lipinski definition) is 7. The third kappa shape index (κ3) is 5.47. The number of nitrogens with one attached hydrogen (secondary N) is 2. The number of carbonyl (C=O) groups excluding carboxylic acids is 1. The smallest absolute Gasteiger partial charge is 0.233 e. The van der Waals surface area contributed by atoms with E-state index in [1.54, 1.807) is 42.6 Å². The summed E-state index contributed by atoms with van der Waals surface area (Å²) in [6.07, 6.45) is 5.16. The average molecular weight is 574 g/mol. The second kappa shape index (κ2) is 9.50. The minimum absolute atomic E-state index is 0.0893. The molecule has 0 saturated heterocycles. The molecule has 2 aromatic carbocycles. The second-order valence-corrected chi connectivity index (χ2v) is 14.0. The lowest BCUT2D eigenvalue weighted by Gasteiger charge is -2.34. The van der Waals surface area contributed by atoms with Gasteiger partial charge in [0.25, 0.3) is 0 Å². The molecule has 3 aromatic rings. The Balaban J connectivity index is 1.45. The van der Waals surface area contributed by atoms with Crippen molar-refractivity contribution in [3.8, 4) is 6.07 Å². The summed E-state index contributed by atoms with van der Waals surface area (Å²) in [5, 5.41) is 13.9. The van der Waals surface area contributed by atoms with Crippen molar-refractivity contribution in [2.75, 3.05) is 28.6 Å². The highest BCUT2D eigenvalue weighted by Gasteiger charge is 2.49. The van der Waals surface area contributed by atoms with E-state index in [0.29, 0.717) is 51.1 Å². The summed E-state index contributed by atoms with van der Waals surface area (Å²) in [7, 11) is -7.28. The summed E-state index contributed by atoms with van der Waals surface area (Å²) in [6.45, 7) is -0.00427. The molecule has 10 nitrogen and oxygen atoms in total. The number of amides is 1. The van der Waals surface area contributed by atoms with Gasteiger partial charge in [0.1, 0.15) is 0 Å². The number of carbonyl (C=O) groups is 1. The van der Waals surface area contributed by atoms with Gasteiger partial charge in [0.15, 0.2) is 0 Å². The number of benzene rings is 2. The summed E-state index contributed by atoms with van der Waals surface area (Å²) in [5.41, 5.74) is 1.20. The van der Waals surface area contributed by atoms with Crippen molar-refractivity contribution < 1.29 is 21.6 Å². The number of anilines is 2. The molecule has 2 aliphatic rings. The van der Waals surface area contributed by atoms with Crippen molar-refractivity contribution >= 4 is 59.7 Å². The van der Waals surface area contributed by atoms with Crippen LogP contribution in [-0.4, -0.2) is 50.6 Å². The van der Waals surface area contributed by atoms with Gasteiger partial charge < -0.3 is 5.32 Å². The third-order valence-corrected chi connectivity index (χ3v) is 9.62. The maximum Gasteiger partial charge on any atom is 0.233 e. The lowest BCUT2D eigenvalue weighted by atomic mass is 9.90. The average Bonchev–Trinajstić information content (AvgIpc) is 3.61. The first-order chi connectivity index (χ1) is 17.9. The van der Waals surface area contributed by atoms with E-state index >= 15 is 0 Å². The molecule has 1 amide bonds. The Labute approximate surface area is 225 Å². The lowest BCUT2D eigenvalue weighted by molar-refractivity contribution is -0.118. The van der Waals surface area contributed by atoms with Gasteiger partial charge in [-0.15, -0.1) is 0 Å². The zero-order valence-corrected chi connectivity index (χ0v) is 22.7. The molecule has 1 atom stereocenters. The van der Waals surface area contributed by atoms with Crippen LogP contribution in [0.4, 0.5) is 11.4 Å².